The molecule has 0 saturated carbocycles. The number of fused-ring (bicyclic) bond motifs is 4. The van der Waals surface area contributed by atoms with Crippen LogP contribution in [-0.2, 0) is 25.2 Å². The van der Waals surface area contributed by atoms with Crippen LogP contribution in [0.3, 0.4) is 0 Å². The third kappa shape index (κ3) is 5.19. The number of H-pyrrole nitrogens is 1. The van der Waals surface area contributed by atoms with Crippen LogP contribution in [0, 0.1) is 0 Å². The molecule has 2 aliphatic rings. The van der Waals surface area contributed by atoms with Gasteiger partial charge in [-0.3, -0.25) is 14.3 Å². The fraction of sp³-hybridized carbons (Fsp3) is 0.308. The molecule has 2 fully saturated rings. The topological polar surface area (TPSA) is 127 Å². The third-order valence-corrected chi connectivity index (χ3v) is 15.3. The molecule has 0 spiro atoms. The molecule has 0 amide bonds. The summed E-state index contributed by atoms with van der Waals surface area (Å²) in [6.07, 6.45) is -0.589. The maximum absolute atomic E-state index is 12.7. The highest BCUT2D eigenvalue weighted by Gasteiger charge is 2.68. The number of anilines is 1. The Morgan fingerprint density at radius 2 is 1.60 bits per heavy atom. The van der Waals surface area contributed by atoms with Crippen LogP contribution in [-0.4, -0.2) is 58.4 Å². The summed E-state index contributed by atoms with van der Waals surface area (Å²) in [7, 11) is -2.97. The van der Waals surface area contributed by atoms with Gasteiger partial charge in [0.05, 0.1) is 25.6 Å². The Morgan fingerprint density at radius 1 is 0.940 bits per heavy atom. The van der Waals surface area contributed by atoms with Gasteiger partial charge in [0.2, 0.25) is 5.95 Å². The van der Waals surface area contributed by atoms with Gasteiger partial charge >= 0.3 is 0 Å². The van der Waals surface area contributed by atoms with Crippen molar-refractivity contribution >= 4 is 46.6 Å². The maximum Gasteiger partial charge on any atom is 0.280 e. The van der Waals surface area contributed by atoms with Gasteiger partial charge in [0.25, 0.3) is 13.9 Å². The standard InChI is InChI=1S/C39H41N5O5Si/c1-25-39(23-47-50(38(2,3)4,29-15-7-5-8-16-29)30-17-9-6-10-18-30)33(46-22-26-19-20-27-13-11-12-14-28(27)21-26)32(48-25)36(49-39)44-24-41-31-34(44)42-37(40)43-35(31)45/h5-21,24-25,32-33,36H,22-23H2,1-4H3,(H3,40,42,43,45)/t25-,32+,33-,36+,39-/m0/s1. The van der Waals surface area contributed by atoms with Crippen LogP contribution in [0.4, 0.5) is 5.95 Å². The van der Waals surface area contributed by atoms with Gasteiger partial charge in [-0.2, -0.15) is 4.98 Å². The lowest BCUT2D eigenvalue weighted by molar-refractivity contribution is -0.216. The van der Waals surface area contributed by atoms with Gasteiger partial charge in [0.15, 0.2) is 17.4 Å². The predicted molar refractivity (Wildman–Crippen MR) is 196 cm³/mol. The van der Waals surface area contributed by atoms with E-state index in [0.29, 0.717) is 12.3 Å². The molecule has 6 aromatic rings. The molecule has 4 heterocycles. The lowest BCUT2D eigenvalue weighted by atomic mass is 9.94. The van der Waals surface area contributed by atoms with E-state index in [1.54, 1.807) is 10.9 Å². The number of rotatable bonds is 9. The number of nitrogen functional groups attached to an aromatic ring is 1. The zero-order chi connectivity index (χ0) is 34.7. The minimum Gasteiger partial charge on any atom is -0.404 e. The molecule has 11 heteroatoms. The zero-order valence-electron chi connectivity index (χ0n) is 28.6. The molecule has 2 aliphatic heterocycles. The molecular weight excluding hydrogens is 647 g/mol. The molecule has 50 heavy (non-hydrogen) atoms. The van der Waals surface area contributed by atoms with E-state index in [1.165, 1.54) is 15.8 Å². The Morgan fingerprint density at radius 3 is 2.28 bits per heavy atom. The summed E-state index contributed by atoms with van der Waals surface area (Å²) in [5, 5.41) is 4.39. The molecular formula is C39H41N5O5Si. The van der Waals surface area contributed by atoms with Crippen LogP contribution in [0.1, 0.15) is 39.5 Å². The van der Waals surface area contributed by atoms with E-state index in [2.05, 4.69) is 115 Å². The fourth-order valence-electron chi connectivity index (χ4n) is 7.91. The van der Waals surface area contributed by atoms with Crippen LogP contribution < -0.4 is 21.7 Å². The van der Waals surface area contributed by atoms with Crippen LogP contribution in [0.25, 0.3) is 21.9 Å². The zero-order valence-corrected chi connectivity index (χ0v) is 29.6. The summed E-state index contributed by atoms with van der Waals surface area (Å²) in [4.78, 5) is 24.1. The van der Waals surface area contributed by atoms with Crippen LogP contribution in [0.2, 0.25) is 5.04 Å². The van der Waals surface area contributed by atoms with E-state index >= 15 is 0 Å². The van der Waals surface area contributed by atoms with Gasteiger partial charge in [-0.1, -0.05) is 118 Å². The van der Waals surface area contributed by atoms with Gasteiger partial charge in [-0.25, -0.2) is 4.98 Å². The van der Waals surface area contributed by atoms with Gasteiger partial charge in [0.1, 0.15) is 17.8 Å². The quantitative estimate of drug-likeness (QED) is 0.202. The summed E-state index contributed by atoms with van der Waals surface area (Å²) in [6, 6.07) is 35.7. The summed E-state index contributed by atoms with van der Waals surface area (Å²) in [6.45, 7) is 9.33. The molecule has 8 rings (SSSR count). The number of aromatic amines is 1. The van der Waals surface area contributed by atoms with Crippen molar-refractivity contribution in [3.05, 3.63) is 125 Å². The van der Waals surface area contributed by atoms with Crippen molar-refractivity contribution in [3.63, 3.8) is 0 Å². The number of hydrogen-bond acceptors (Lipinski definition) is 8. The van der Waals surface area contributed by atoms with Crippen molar-refractivity contribution in [2.75, 3.05) is 12.3 Å². The second-order valence-electron chi connectivity index (χ2n) is 14.3. The van der Waals surface area contributed by atoms with Gasteiger partial charge in [-0.15, -0.1) is 0 Å². The highest BCUT2D eigenvalue weighted by molar-refractivity contribution is 6.99. The number of ether oxygens (including phenoxy) is 3. The van der Waals surface area contributed by atoms with E-state index in [-0.39, 0.29) is 29.2 Å². The number of nitrogens with one attached hydrogen (secondary N) is 1. The first kappa shape index (κ1) is 32.5. The second-order valence-corrected chi connectivity index (χ2v) is 18.7. The number of benzene rings is 4. The van der Waals surface area contributed by atoms with Crippen molar-refractivity contribution in [3.8, 4) is 0 Å². The smallest absolute Gasteiger partial charge is 0.280 e. The Labute approximate surface area is 291 Å². The highest BCUT2D eigenvalue weighted by Crippen LogP contribution is 2.52. The van der Waals surface area contributed by atoms with E-state index in [9.17, 15) is 4.79 Å². The molecule has 0 radical (unpaired) electrons. The average molecular weight is 688 g/mol. The first-order valence-corrected chi connectivity index (χ1v) is 18.9. The third-order valence-electron chi connectivity index (χ3n) is 10.3. The minimum absolute atomic E-state index is 0.00414. The molecule has 10 nitrogen and oxygen atoms in total. The van der Waals surface area contributed by atoms with E-state index in [4.69, 9.17) is 24.4 Å². The Kier molecular flexibility index (Phi) is 8.00. The Bertz CT molecular complexity index is 2180. The summed E-state index contributed by atoms with van der Waals surface area (Å²) >= 11 is 0. The first-order valence-electron chi connectivity index (χ1n) is 17.0. The van der Waals surface area contributed by atoms with E-state index in [0.717, 1.165) is 10.9 Å². The monoisotopic (exact) mass is 687 g/mol. The van der Waals surface area contributed by atoms with Crippen molar-refractivity contribution in [1.82, 2.24) is 19.5 Å². The summed E-state index contributed by atoms with van der Waals surface area (Å²) in [5.74, 6) is -0.00414. The average Bonchev–Trinajstić information content (AvgIpc) is 3.75. The van der Waals surface area contributed by atoms with Gasteiger partial charge in [-0.05, 0) is 44.7 Å². The van der Waals surface area contributed by atoms with Crippen LogP contribution >= 0.6 is 0 Å². The van der Waals surface area contributed by atoms with Crippen molar-refractivity contribution in [2.45, 2.75) is 69.5 Å². The van der Waals surface area contributed by atoms with Crippen LogP contribution in [0.5, 0.6) is 0 Å². The number of aromatic nitrogens is 4. The van der Waals surface area contributed by atoms with Crippen molar-refractivity contribution in [2.24, 2.45) is 0 Å². The number of hydrogen-bond donors (Lipinski definition) is 2. The normalized spacial score (nSPS) is 23.6. The first-order chi connectivity index (χ1) is 24.1. The molecule has 5 atom stereocenters. The lowest BCUT2D eigenvalue weighted by Crippen LogP contribution is -2.68. The van der Waals surface area contributed by atoms with Gasteiger partial charge < -0.3 is 24.4 Å². The molecule has 4 aromatic carbocycles. The summed E-state index contributed by atoms with van der Waals surface area (Å²) < 4.78 is 30.0. The van der Waals surface area contributed by atoms with E-state index in [1.807, 2.05) is 31.2 Å². The number of nitrogens with two attached hydrogens (primary N) is 1. The van der Waals surface area contributed by atoms with Crippen molar-refractivity contribution in [1.29, 1.82) is 0 Å². The maximum atomic E-state index is 12.7. The largest absolute Gasteiger partial charge is 0.404 e. The van der Waals surface area contributed by atoms with Gasteiger partial charge in [0, 0.05) is 0 Å². The highest BCUT2D eigenvalue weighted by atomic mass is 28.4. The fourth-order valence-corrected chi connectivity index (χ4v) is 12.5. The Balaban J connectivity index is 1.21. The molecule has 0 aliphatic carbocycles. The molecule has 2 bridgehead atoms. The predicted octanol–water partition coefficient (Wildman–Crippen LogP) is 5.07. The molecule has 2 aromatic heterocycles. The number of nitrogens with zero attached hydrogens (tertiary/aromatic N) is 3. The van der Waals surface area contributed by atoms with Crippen molar-refractivity contribution < 1.29 is 18.6 Å². The number of imidazole rings is 1. The molecule has 2 saturated heterocycles. The minimum atomic E-state index is -2.97. The SMILES string of the molecule is C[C@@H]1O[C@H]2[C@H](n3cnc4c(=O)[nH]c(N)nc43)O[C@]1(CO[Si](c1ccccc1)(c1ccccc1)C(C)(C)C)[C@H]2OCc1ccc2ccccc2c1. The molecule has 3 N–H and O–H groups in total. The lowest BCUT2D eigenvalue weighted by Gasteiger charge is -2.46. The Hall–Kier alpha value is -4.65. The molecule has 256 valence electrons. The molecule has 0 unspecified atom stereocenters. The van der Waals surface area contributed by atoms with Crippen LogP contribution in [0.15, 0.2) is 114 Å². The second kappa shape index (κ2) is 12.3. The summed E-state index contributed by atoms with van der Waals surface area (Å²) in [5.41, 5.74) is 6.08. The van der Waals surface area contributed by atoms with E-state index < -0.39 is 37.9 Å².